The number of amides is 1. The molecule has 0 radical (unpaired) electrons. The highest BCUT2D eigenvalue weighted by Crippen LogP contribution is 2.26. The molecule has 1 saturated heterocycles. The first-order valence-electron chi connectivity index (χ1n) is 7.09. The molecule has 3 heterocycles. The van der Waals surface area contributed by atoms with Gasteiger partial charge in [-0.25, -0.2) is 4.98 Å². The largest absolute Gasteiger partial charge is 0.459 e. The van der Waals surface area contributed by atoms with Crippen molar-refractivity contribution >= 4 is 17.2 Å². The molecule has 5 nitrogen and oxygen atoms in total. The minimum Gasteiger partial charge on any atom is -0.459 e. The molecule has 1 aliphatic rings. The average molecular weight is 306 g/mol. The number of aliphatic hydroxyl groups excluding tert-OH is 1. The third kappa shape index (κ3) is 3.33. The lowest BCUT2D eigenvalue weighted by Gasteiger charge is -2.29. The van der Waals surface area contributed by atoms with Crippen LogP contribution >= 0.6 is 11.3 Å². The second-order valence-electron chi connectivity index (χ2n) is 5.37. The third-order valence-electron chi connectivity index (χ3n) is 3.58. The zero-order valence-corrected chi connectivity index (χ0v) is 12.7. The number of aryl methyl sites for hydroxylation is 1. The minimum atomic E-state index is -0.389. The number of carbonyl (C=O) groups excluding carboxylic acids is 1. The number of piperidine rings is 1. The Hall–Kier alpha value is -1.66. The summed E-state index contributed by atoms with van der Waals surface area (Å²) in [6, 6.07) is 3.79. The molecule has 1 unspecified atom stereocenters. The van der Waals surface area contributed by atoms with E-state index in [9.17, 15) is 9.90 Å². The zero-order valence-electron chi connectivity index (χ0n) is 11.9. The second-order valence-corrected chi connectivity index (χ2v) is 6.22. The first kappa shape index (κ1) is 14.3. The molecule has 1 aliphatic heterocycles. The summed E-state index contributed by atoms with van der Waals surface area (Å²) >= 11 is 1.48. The van der Waals surface area contributed by atoms with Crippen molar-refractivity contribution in [3.8, 4) is 10.8 Å². The van der Waals surface area contributed by atoms with Gasteiger partial charge in [0.15, 0.2) is 10.8 Å². The summed E-state index contributed by atoms with van der Waals surface area (Å²) in [5.41, 5.74) is 0.758. The number of hydrogen-bond donors (Lipinski definition) is 1. The van der Waals surface area contributed by atoms with E-state index >= 15 is 0 Å². The molecule has 2 aromatic heterocycles. The second kappa shape index (κ2) is 5.99. The fourth-order valence-corrected chi connectivity index (χ4v) is 3.28. The van der Waals surface area contributed by atoms with Crippen LogP contribution in [-0.4, -0.2) is 40.1 Å². The molecular weight excluding hydrogens is 288 g/mol. The van der Waals surface area contributed by atoms with Crippen molar-refractivity contribution in [3.63, 3.8) is 0 Å². The maximum absolute atomic E-state index is 12.2. The molecule has 0 bridgehead atoms. The molecule has 2 aromatic rings. The van der Waals surface area contributed by atoms with Crippen LogP contribution in [0.1, 0.15) is 24.3 Å². The van der Waals surface area contributed by atoms with Gasteiger partial charge in [-0.05, 0) is 31.9 Å². The van der Waals surface area contributed by atoms with Crippen LogP contribution in [0.4, 0.5) is 0 Å². The number of carbonyl (C=O) groups is 1. The minimum absolute atomic E-state index is 0.0289. The van der Waals surface area contributed by atoms with Gasteiger partial charge in [0.05, 0.1) is 18.2 Å². The summed E-state index contributed by atoms with van der Waals surface area (Å²) in [5.74, 6) is 1.62. The van der Waals surface area contributed by atoms with E-state index in [0.29, 0.717) is 6.54 Å². The van der Waals surface area contributed by atoms with Crippen LogP contribution in [0.2, 0.25) is 0 Å². The van der Waals surface area contributed by atoms with Gasteiger partial charge in [0.1, 0.15) is 5.76 Å². The highest BCUT2D eigenvalue weighted by Gasteiger charge is 2.22. The van der Waals surface area contributed by atoms with Gasteiger partial charge in [-0.3, -0.25) is 4.79 Å². The molecule has 6 heteroatoms. The quantitative estimate of drug-likeness (QED) is 0.944. The summed E-state index contributed by atoms with van der Waals surface area (Å²) < 4.78 is 5.54. The number of hydrogen-bond acceptors (Lipinski definition) is 5. The van der Waals surface area contributed by atoms with Crippen molar-refractivity contribution in [2.75, 3.05) is 13.1 Å². The van der Waals surface area contributed by atoms with E-state index in [2.05, 4.69) is 4.98 Å². The van der Waals surface area contributed by atoms with Crippen molar-refractivity contribution in [1.29, 1.82) is 0 Å². The summed E-state index contributed by atoms with van der Waals surface area (Å²) in [4.78, 5) is 18.4. The molecule has 0 saturated carbocycles. The Labute approximate surface area is 127 Å². The fourth-order valence-electron chi connectivity index (χ4n) is 2.50. The van der Waals surface area contributed by atoms with Gasteiger partial charge >= 0.3 is 0 Å². The number of likely N-dealkylation sites (tertiary alicyclic amines) is 1. The lowest BCUT2D eigenvalue weighted by atomic mass is 10.1. The summed E-state index contributed by atoms with van der Waals surface area (Å²) in [5, 5.41) is 12.3. The number of furan rings is 1. The molecular formula is C15H18N2O3S. The van der Waals surface area contributed by atoms with Gasteiger partial charge in [-0.1, -0.05) is 0 Å². The van der Waals surface area contributed by atoms with E-state index in [1.807, 2.05) is 24.4 Å². The standard InChI is InChI=1S/C15H18N2O3S/c1-10-4-5-13(20-10)15-16-11(9-21-15)7-14(19)17-6-2-3-12(18)8-17/h4-5,9,12,18H,2-3,6-8H2,1H3. The Bertz CT molecular complexity index is 634. The molecule has 3 rings (SSSR count). The molecule has 1 fully saturated rings. The maximum atomic E-state index is 12.2. The van der Waals surface area contributed by atoms with E-state index in [0.717, 1.165) is 41.6 Å². The van der Waals surface area contributed by atoms with Crippen LogP contribution in [0, 0.1) is 6.92 Å². The third-order valence-corrected chi connectivity index (χ3v) is 4.49. The highest BCUT2D eigenvalue weighted by molar-refractivity contribution is 7.13. The van der Waals surface area contributed by atoms with Crippen molar-refractivity contribution in [3.05, 3.63) is 29.0 Å². The first-order valence-corrected chi connectivity index (χ1v) is 7.97. The molecule has 1 atom stereocenters. The Balaban J connectivity index is 1.65. The molecule has 0 spiro atoms. The molecule has 112 valence electrons. The van der Waals surface area contributed by atoms with Gasteiger partial charge < -0.3 is 14.4 Å². The SMILES string of the molecule is Cc1ccc(-c2nc(CC(=O)N3CCCC(O)C3)cs2)o1. The van der Waals surface area contributed by atoms with Gasteiger partial charge in [-0.2, -0.15) is 0 Å². The van der Waals surface area contributed by atoms with Crippen molar-refractivity contribution in [2.45, 2.75) is 32.3 Å². The van der Waals surface area contributed by atoms with Crippen molar-refractivity contribution in [1.82, 2.24) is 9.88 Å². The monoisotopic (exact) mass is 306 g/mol. The summed E-state index contributed by atoms with van der Waals surface area (Å²) in [6.07, 6.45) is 1.53. The number of rotatable bonds is 3. The molecule has 1 amide bonds. The number of thiazole rings is 1. The Morgan fingerprint density at radius 3 is 3.14 bits per heavy atom. The van der Waals surface area contributed by atoms with Crippen LogP contribution in [0.15, 0.2) is 21.9 Å². The summed E-state index contributed by atoms with van der Waals surface area (Å²) in [7, 11) is 0. The number of aliphatic hydroxyl groups is 1. The van der Waals surface area contributed by atoms with Crippen LogP contribution in [0.5, 0.6) is 0 Å². The smallest absolute Gasteiger partial charge is 0.228 e. The predicted molar refractivity (Wildman–Crippen MR) is 80.1 cm³/mol. The van der Waals surface area contributed by atoms with E-state index in [1.54, 1.807) is 4.90 Å². The van der Waals surface area contributed by atoms with Gasteiger partial charge in [0.25, 0.3) is 0 Å². The topological polar surface area (TPSA) is 66.6 Å². The lowest BCUT2D eigenvalue weighted by molar-refractivity contribution is -0.133. The Morgan fingerprint density at radius 2 is 2.43 bits per heavy atom. The van der Waals surface area contributed by atoms with E-state index < -0.39 is 0 Å². The van der Waals surface area contributed by atoms with Crippen LogP contribution in [0.3, 0.4) is 0 Å². The van der Waals surface area contributed by atoms with Crippen molar-refractivity contribution < 1.29 is 14.3 Å². The van der Waals surface area contributed by atoms with Gasteiger partial charge in [0, 0.05) is 18.5 Å². The Kier molecular flexibility index (Phi) is 4.07. The molecule has 1 N–H and O–H groups in total. The lowest BCUT2D eigenvalue weighted by Crippen LogP contribution is -2.42. The molecule has 0 aliphatic carbocycles. The normalized spacial score (nSPS) is 19.0. The van der Waals surface area contributed by atoms with Gasteiger partial charge in [-0.15, -0.1) is 11.3 Å². The molecule has 21 heavy (non-hydrogen) atoms. The van der Waals surface area contributed by atoms with E-state index in [-0.39, 0.29) is 18.4 Å². The maximum Gasteiger partial charge on any atom is 0.228 e. The van der Waals surface area contributed by atoms with Crippen LogP contribution in [-0.2, 0) is 11.2 Å². The van der Waals surface area contributed by atoms with Gasteiger partial charge in [0.2, 0.25) is 5.91 Å². The zero-order chi connectivity index (χ0) is 14.8. The number of aromatic nitrogens is 1. The summed E-state index contributed by atoms with van der Waals surface area (Å²) in [6.45, 7) is 3.06. The van der Waals surface area contributed by atoms with E-state index in [1.165, 1.54) is 11.3 Å². The van der Waals surface area contributed by atoms with Crippen LogP contribution < -0.4 is 0 Å². The fraction of sp³-hybridized carbons (Fsp3) is 0.467. The molecule has 0 aromatic carbocycles. The number of nitrogens with zero attached hydrogens (tertiary/aromatic N) is 2. The predicted octanol–water partition coefficient (Wildman–Crippen LogP) is 2.24. The number of β-amino-alcohol motifs (C(OH)–C–C–N with tert-alkyl or cyclic N) is 1. The van der Waals surface area contributed by atoms with E-state index in [4.69, 9.17) is 4.42 Å². The Morgan fingerprint density at radius 1 is 1.57 bits per heavy atom. The van der Waals surface area contributed by atoms with Crippen molar-refractivity contribution in [2.24, 2.45) is 0 Å². The van der Waals surface area contributed by atoms with Crippen LogP contribution in [0.25, 0.3) is 10.8 Å². The highest BCUT2D eigenvalue weighted by atomic mass is 32.1. The first-order chi connectivity index (χ1) is 10.1. The average Bonchev–Trinajstić information content (AvgIpc) is 3.07.